The van der Waals surface area contributed by atoms with Gasteiger partial charge < -0.3 is 16.2 Å². The van der Waals surface area contributed by atoms with E-state index in [9.17, 15) is 0 Å². The normalized spacial score (nSPS) is 30.6. The van der Waals surface area contributed by atoms with Gasteiger partial charge in [-0.05, 0) is 6.42 Å². The average Bonchev–Trinajstić information content (AvgIpc) is 2.14. The van der Waals surface area contributed by atoms with Crippen molar-refractivity contribution in [1.82, 2.24) is 5.32 Å². The fourth-order valence-corrected chi connectivity index (χ4v) is 0.977. The summed E-state index contributed by atoms with van der Waals surface area (Å²) in [6, 6.07) is 0.352. The Kier molecular flexibility index (Phi) is 8.09. The third-order valence-electron chi connectivity index (χ3n) is 1.48. The highest BCUT2D eigenvalue weighted by molar-refractivity contribution is 5.85. The van der Waals surface area contributed by atoms with E-state index >= 15 is 0 Å². The molecule has 1 fully saturated rings. The Hall–Kier alpha value is 0.460. The molecule has 2 atom stereocenters. The Balaban J connectivity index is 0. The first-order valence-electron chi connectivity index (χ1n) is 2.94. The van der Waals surface area contributed by atoms with Gasteiger partial charge in [0.15, 0.2) is 0 Å². The van der Waals surface area contributed by atoms with Crippen molar-refractivity contribution in [2.75, 3.05) is 13.1 Å². The Labute approximate surface area is 73.2 Å². The number of nitrogens with one attached hydrogen (secondary N) is 1. The number of halogens is 2. The minimum atomic E-state index is -0.163. The molecule has 1 aliphatic rings. The van der Waals surface area contributed by atoms with Crippen LogP contribution in [-0.4, -0.2) is 30.3 Å². The van der Waals surface area contributed by atoms with Crippen LogP contribution in [0.3, 0.4) is 0 Å². The summed E-state index contributed by atoms with van der Waals surface area (Å²) >= 11 is 0. The van der Waals surface area contributed by atoms with E-state index in [0.29, 0.717) is 19.1 Å². The van der Waals surface area contributed by atoms with Gasteiger partial charge in [0.05, 0.1) is 6.10 Å². The maximum Gasteiger partial charge on any atom is 0.0680 e. The predicted molar refractivity (Wildman–Crippen MR) is 46.0 cm³/mol. The lowest BCUT2D eigenvalue weighted by atomic mass is 10.2. The van der Waals surface area contributed by atoms with Crippen molar-refractivity contribution in [3.63, 3.8) is 0 Å². The SMILES string of the molecule is Cl.Cl.NC[C@@H]1C[C@@H](O)CN1. The van der Waals surface area contributed by atoms with Gasteiger partial charge in [0, 0.05) is 19.1 Å². The van der Waals surface area contributed by atoms with Crippen molar-refractivity contribution in [3.05, 3.63) is 0 Å². The van der Waals surface area contributed by atoms with Gasteiger partial charge in [-0.1, -0.05) is 0 Å². The van der Waals surface area contributed by atoms with Crippen LogP contribution in [0.15, 0.2) is 0 Å². The van der Waals surface area contributed by atoms with Crippen molar-refractivity contribution in [1.29, 1.82) is 0 Å². The van der Waals surface area contributed by atoms with Gasteiger partial charge in [-0.2, -0.15) is 0 Å². The molecule has 0 amide bonds. The monoisotopic (exact) mass is 188 g/mol. The van der Waals surface area contributed by atoms with Gasteiger partial charge in [0.2, 0.25) is 0 Å². The Morgan fingerprint density at radius 1 is 1.50 bits per heavy atom. The van der Waals surface area contributed by atoms with Crippen LogP contribution in [0.1, 0.15) is 6.42 Å². The molecule has 0 aromatic carbocycles. The first kappa shape index (κ1) is 13.1. The number of nitrogens with two attached hydrogens (primary N) is 1. The van der Waals surface area contributed by atoms with Crippen LogP contribution >= 0.6 is 24.8 Å². The zero-order valence-electron chi connectivity index (χ0n) is 5.62. The van der Waals surface area contributed by atoms with Crippen LogP contribution in [0.5, 0.6) is 0 Å². The fraction of sp³-hybridized carbons (Fsp3) is 1.00. The van der Waals surface area contributed by atoms with E-state index in [0.717, 1.165) is 6.42 Å². The third kappa shape index (κ3) is 3.58. The standard InChI is InChI=1S/C5H12N2O.2ClH/c6-2-4-1-5(8)3-7-4;;/h4-5,7-8H,1-3,6H2;2*1H/t4-,5+;;/m0../s1. The molecular formula is C5H14Cl2N2O. The summed E-state index contributed by atoms with van der Waals surface area (Å²) in [4.78, 5) is 0. The van der Waals surface area contributed by atoms with E-state index in [2.05, 4.69) is 5.32 Å². The van der Waals surface area contributed by atoms with Crippen molar-refractivity contribution >= 4 is 24.8 Å². The molecule has 0 unspecified atom stereocenters. The lowest BCUT2D eigenvalue weighted by Crippen LogP contribution is -2.29. The zero-order valence-corrected chi connectivity index (χ0v) is 7.25. The van der Waals surface area contributed by atoms with Crippen LogP contribution in [0, 0.1) is 0 Å². The second kappa shape index (κ2) is 6.19. The van der Waals surface area contributed by atoms with Gasteiger partial charge >= 0.3 is 0 Å². The number of β-amino-alcohol motifs (C(OH)–C–C–N with tert-alkyl or cyclic N) is 1. The van der Waals surface area contributed by atoms with Crippen LogP contribution in [0.2, 0.25) is 0 Å². The molecule has 0 saturated carbocycles. The molecule has 64 valence electrons. The first-order chi connectivity index (χ1) is 3.83. The summed E-state index contributed by atoms with van der Waals surface area (Å²) in [6.45, 7) is 1.35. The van der Waals surface area contributed by atoms with Crippen molar-refractivity contribution in [2.45, 2.75) is 18.6 Å². The average molecular weight is 189 g/mol. The highest BCUT2D eigenvalue weighted by Gasteiger charge is 2.19. The van der Waals surface area contributed by atoms with Crippen molar-refractivity contribution < 1.29 is 5.11 Å². The third-order valence-corrected chi connectivity index (χ3v) is 1.48. The van der Waals surface area contributed by atoms with Crippen LogP contribution < -0.4 is 11.1 Å². The minimum Gasteiger partial charge on any atom is -0.392 e. The molecular weight excluding hydrogens is 175 g/mol. The highest BCUT2D eigenvalue weighted by atomic mass is 35.5. The lowest BCUT2D eigenvalue weighted by Gasteiger charge is -2.02. The predicted octanol–water partition coefficient (Wildman–Crippen LogP) is -0.489. The van der Waals surface area contributed by atoms with Crippen LogP contribution in [0.4, 0.5) is 0 Å². The molecule has 0 bridgehead atoms. The molecule has 0 aromatic rings. The Morgan fingerprint density at radius 3 is 2.30 bits per heavy atom. The molecule has 0 aliphatic carbocycles. The number of aliphatic hydroxyl groups is 1. The maximum atomic E-state index is 8.91. The second-order valence-electron chi connectivity index (χ2n) is 2.23. The summed E-state index contributed by atoms with van der Waals surface area (Å²) in [6.07, 6.45) is 0.653. The van der Waals surface area contributed by atoms with E-state index in [4.69, 9.17) is 10.8 Å². The van der Waals surface area contributed by atoms with E-state index < -0.39 is 0 Å². The van der Waals surface area contributed by atoms with E-state index in [-0.39, 0.29) is 30.9 Å². The lowest BCUT2D eigenvalue weighted by molar-refractivity contribution is 0.193. The van der Waals surface area contributed by atoms with Gasteiger partial charge in [-0.15, -0.1) is 24.8 Å². The smallest absolute Gasteiger partial charge is 0.0680 e. The first-order valence-corrected chi connectivity index (χ1v) is 2.94. The maximum absolute atomic E-state index is 8.91. The van der Waals surface area contributed by atoms with Gasteiger partial charge in [0.25, 0.3) is 0 Å². The number of aliphatic hydroxyl groups excluding tert-OH is 1. The van der Waals surface area contributed by atoms with Crippen molar-refractivity contribution in [3.8, 4) is 0 Å². The van der Waals surface area contributed by atoms with Crippen LogP contribution in [0.25, 0.3) is 0 Å². The van der Waals surface area contributed by atoms with Gasteiger partial charge in [-0.3, -0.25) is 0 Å². The zero-order chi connectivity index (χ0) is 5.98. The van der Waals surface area contributed by atoms with Crippen molar-refractivity contribution in [2.24, 2.45) is 5.73 Å². The number of hydrogen-bond donors (Lipinski definition) is 3. The molecule has 1 saturated heterocycles. The van der Waals surface area contributed by atoms with E-state index in [1.54, 1.807) is 0 Å². The minimum absolute atomic E-state index is 0. The topological polar surface area (TPSA) is 58.3 Å². The van der Waals surface area contributed by atoms with E-state index in [1.807, 2.05) is 0 Å². The molecule has 5 heteroatoms. The second-order valence-corrected chi connectivity index (χ2v) is 2.23. The summed E-state index contributed by atoms with van der Waals surface area (Å²) in [5.74, 6) is 0. The summed E-state index contributed by atoms with van der Waals surface area (Å²) in [7, 11) is 0. The van der Waals surface area contributed by atoms with Gasteiger partial charge in [0.1, 0.15) is 0 Å². The quantitative estimate of drug-likeness (QED) is 0.521. The molecule has 0 spiro atoms. The van der Waals surface area contributed by atoms with E-state index in [1.165, 1.54) is 0 Å². The summed E-state index contributed by atoms with van der Waals surface area (Å²) < 4.78 is 0. The molecule has 1 rings (SSSR count). The molecule has 3 nitrogen and oxygen atoms in total. The Morgan fingerprint density at radius 2 is 2.10 bits per heavy atom. The molecule has 10 heavy (non-hydrogen) atoms. The van der Waals surface area contributed by atoms with Gasteiger partial charge in [-0.25, -0.2) is 0 Å². The number of hydrogen-bond acceptors (Lipinski definition) is 3. The Bertz CT molecular complexity index is 84.0. The highest BCUT2D eigenvalue weighted by Crippen LogP contribution is 2.03. The largest absolute Gasteiger partial charge is 0.392 e. The number of rotatable bonds is 1. The molecule has 1 heterocycles. The molecule has 0 aromatic heterocycles. The fourth-order valence-electron chi connectivity index (χ4n) is 0.977. The summed E-state index contributed by atoms with van der Waals surface area (Å²) in [5, 5.41) is 12.0. The molecule has 1 aliphatic heterocycles. The molecule has 4 N–H and O–H groups in total. The van der Waals surface area contributed by atoms with Crippen LogP contribution in [-0.2, 0) is 0 Å². The summed E-state index contributed by atoms with van der Waals surface area (Å²) in [5.41, 5.74) is 5.32. The molecule has 0 radical (unpaired) electrons.